The van der Waals surface area contributed by atoms with Crippen LogP contribution in [0, 0.1) is 0 Å². The number of nitrogens with zero attached hydrogens (tertiary/aromatic N) is 1. The number of hydrogen-bond acceptors (Lipinski definition) is 9. The molecule has 49 heavy (non-hydrogen) atoms. The van der Waals surface area contributed by atoms with Crippen molar-refractivity contribution in [3.8, 4) is 22.6 Å². The van der Waals surface area contributed by atoms with Crippen molar-refractivity contribution < 1.29 is 33.3 Å². The summed E-state index contributed by atoms with van der Waals surface area (Å²) in [6.07, 6.45) is -1.34. The first-order valence-electron chi connectivity index (χ1n) is 16.1. The highest BCUT2D eigenvalue weighted by Crippen LogP contribution is 2.41. The lowest BCUT2D eigenvalue weighted by molar-refractivity contribution is -0.245. The molecule has 0 bridgehead atoms. The molecule has 1 fully saturated rings. The van der Waals surface area contributed by atoms with Crippen LogP contribution in [0.3, 0.4) is 0 Å². The second-order valence-electron chi connectivity index (χ2n) is 11.8. The molecule has 0 saturated carbocycles. The minimum absolute atomic E-state index is 0.0294. The molecule has 1 saturated heterocycles. The van der Waals surface area contributed by atoms with Gasteiger partial charge in [0.2, 0.25) is 0 Å². The number of aliphatic hydroxyl groups is 1. The van der Waals surface area contributed by atoms with E-state index in [9.17, 15) is 14.7 Å². The van der Waals surface area contributed by atoms with Crippen LogP contribution in [0.15, 0.2) is 119 Å². The zero-order valence-corrected chi connectivity index (χ0v) is 28.1. The predicted octanol–water partition coefficient (Wildman–Crippen LogP) is 7.41. The van der Waals surface area contributed by atoms with E-state index in [2.05, 4.69) is 5.32 Å². The average Bonchev–Trinajstić information content (AvgIpc) is 3.58. The number of aromatic nitrogens is 1. The van der Waals surface area contributed by atoms with E-state index in [4.69, 9.17) is 23.6 Å². The number of carbonyl (C=O) groups is 2. The Morgan fingerprint density at radius 2 is 1.51 bits per heavy atom. The fourth-order valence-electron chi connectivity index (χ4n) is 5.55. The van der Waals surface area contributed by atoms with Crippen molar-refractivity contribution in [2.45, 2.75) is 63.2 Å². The van der Waals surface area contributed by atoms with Crippen LogP contribution in [0.4, 0.5) is 0 Å². The fraction of sp³-hybridized carbons (Fsp3) is 0.256. The van der Waals surface area contributed by atoms with Crippen LogP contribution in [-0.4, -0.2) is 39.9 Å². The molecule has 0 aliphatic carbocycles. The molecular weight excluding hydrogens is 641 g/mol. The van der Waals surface area contributed by atoms with E-state index in [-0.39, 0.29) is 31.3 Å². The molecule has 1 aliphatic rings. The van der Waals surface area contributed by atoms with Crippen molar-refractivity contribution in [2.24, 2.45) is 0 Å². The third kappa shape index (κ3) is 8.84. The Bertz CT molecular complexity index is 1770. The smallest absolute Gasteiger partial charge is 0.303 e. The van der Waals surface area contributed by atoms with Crippen molar-refractivity contribution in [3.63, 3.8) is 0 Å². The van der Waals surface area contributed by atoms with Crippen molar-refractivity contribution in [2.75, 3.05) is 5.75 Å². The Kier molecular flexibility index (Phi) is 11.2. The quantitative estimate of drug-likeness (QED) is 0.103. The first-order chi connectivity index (χ1) is 23.9. The molecule has 0 radical (unpaired) electrons. The van der Waals surface area contributed by atoms with E-state index in [1.807, 2.05) is 109 Å². The van der Waals surface area contributed by atoms with Crippen molar-refractivity contribution in [3.05, 3.63) is 131 Å². The largest absolute Gasteiger partial charge is 0.453 e. The Morgan fingerprint density at radius 3 is 2.16 bits per heavy atom. The van der Waals surface area contributed by atoms with Crippen molar-refractivity contribution >= 4 is 23.6 Å². The topological polar surface area (TPSA) is 120 Å². The van der Waals surface area contributed by atoms with Crippen LogP contribution in [0.5, 0.6) is 0 Å². The molecule has 9 nitrogen and oxygen atoms in total. The molecule has 1 aromatic heterocycles. The van der Waals surface area contributed by atoms with Crippen LogP contribution < -0.4 is 5.32 Å². The molecule has 0 spiro atoms. The summed E-state index contributed by atoms with van der Waals surface area (Å²) < 4.78 is 24.4. The summed E-state index contributed by atoms with van der Waals surface area (Å²) in [5.74, 6) is 0.428. The summed E-state index contributed by atoms with van der Waals surface area (Å²) in [6, 6.07) is 35.4. The van der Waals surface area contributed by atoms with Gasteiger partial charge >= 0.3 is 5.97 Å². The Balaban J connectivity index is 1.18. The lowest BCUT2D eigenvalue weighted by Crippen LogP contribution is -2.35. The highest BCUT2D eigenvalue weighted by Gasteiger charge is 2.33. The first kappa shape index (κ1) is 34.1. The summed E-state index contributed by atoms with van der Waals surface area (Å²) in [6.45, 7) is 3.06. The van der Waals surface area contributed by atoms with Gasteiger partial charge in [0.25, 0.3) is 11.1 Å². The molecule has 2 N–H and O–H groups in total. The van der Waals surface area contributed by atoms with Gasteiger partial charge in [-0.3, -0.25) is 9.59 Å². The monoisotopic (exact) mass is 678 g/mol. The summed E-state index contributed by atoms with van der Waals surface area (Å²) in [7, 11) is 0. The molecule has 6 rings (SSSR count). The Hall–Kier alpha value is -4.74. The molecule has 2 heterocycles. The lowest BCUT2D eigenvalue weighted by atomic mass is 10.0. The van der Waals surface area contributed by atoms with Gasteiger partial charge in [0, 0.05) is 42.3 Å². The minimum atomic E-state index is -0.870. The third-order valence-electron chi connectivity index (χ3n) is 8.13. The zero-order valence-electron chi connectivity index (χ0n) is 27.3. The Morgan fingerprint density at radius 1 is 0.878 bits per heavy atom. The number of hydrogen-bond donors (Lipinski definition) is 2. The molecule has 10 heteroatoms. The first-order valence-corrected chi connectivity index (χ1v) is 17.1. The molecule has 4 aromatic carbocycles. The lowest BCUT2D eigenvalue weighted by Gasteiger charge is -2.36. The summed E-state index contributed by atoms with van der Waals surface area (Å²) in [5.41, 5.74) is 6.26. The van der Waals surface area contributed by atoms with Gasteiger partial charge < -0.3 is 29.1 Å². The van der Waals surface area contributed by atoms with E-state index in [0.29, 0.717) is 17.4 Å². The number of nitrogens with one attached hydrogen (secondary N) is 1. The molecule has 252 valence electrons. The maximum Gasteiger partial charge on any atom is 0.303 e. The van der Waals surface area contributed by atoms with Crippen LogP contribution in [0.2, 0.25) is 0 Å². The molecule has 1 amide bonds. The van der Waals surface area contributed by atoms with Gasteiger partial charge in [0.1, 0.15) is 5.69 Å². The number of carbonyl (C=O) groups excluding carboxylic acids is 2. The van der Waals surface area contributed by atoms with E-state index in [0.717, 1.165) is 44.8 Å². The van der Waals surface area contributed by atoms with Gasteiger partial charge in [-0.2, -0.15) is 0 Å². The minimum Gasteiger partial charge on any atom is -0.453 e. The number of thioether (sulfide) groups is 1. The second-order valence-corrected chi connectivity index (χ2v) is 12.7. The number of oxazole rings is 1. The summed E-state index contributed by atoms with van der Waals surface area (Å²) in [4.78, 5) is 28.4. The molecule has 5 aromatic rings. The SMILES string of the molecule is CC(=O)O[C@@H](C)C(=O)NCc1ccc(C2O[C@H](CSc3nc(-c4ccccc4)c(-c4ccccc4)o3)C[C@H](c3ccc(CO)cc3)O2)cc1. The normalized spacial score (nSPS) is 18.1. The number of aliphatic hydroxyl groups excluding tert-OH is 1. The van der Waals surface area contributed by atoms with Crippen molar-refractivity contribution in [1.29, 1.82) is 0 Å². The predicted molar refractivity (Wildman–Crippen MR) is 186 cm³/mol. The maximum absolute atomic E-state index is 12.3. The van der Waals surface area contributed by atoms with E-state index in [1.165, 1.54) is 25.6 Å². The summed E-state index contributed by atoms with van der Waals surface area (Å²) >= 11 is 1.51. The third-order valence-corrected chi connectivity index (χ3v) is 9.09. The second kappa shape index (κ2) is 16.1. The highest BCUT2D eigenvalue weighted by atomic mass is 32.2. The van der Waals surface area contributed by atoms with Gasteiger partial charge in [-0.1, -0.05) is 121 Å². The maximum atomic E-state index is 12.3. The van der Waals surface area contributed by atoms with Crippen LogP contribution in [0.25, 0.3) is 22.6 Å². The van der Waals surface area contributed by atoms with Gasteiger partial charge in [-0.05, 0) is 23.6 Å². The Labute approximate surface area is 289 Å². The van der Waals surface area contributed by atoms with Crippen LogP contribution in [0.1, 0.15) is 54.9 Å². The van der Waals surface area contributed by atoms with E-state index < -0.39 is 18.4 Å². The fourth-order valence-corrected chi connectivity index (χ4v) is 6.40. The van der Waals surface area contributed by atoms with Gasteiger partial charge in [-0.15, -0.1) is 0 Å². The molecular formula is C39H38N2O7S. The number of esters is 1. The molecule has 4 atom stereocenters. The van der Waals surface area contributed by atoms with Gasteiger partial charge in [0.05, 0.1) is 18.8 Å². The number of amides is 1. The van der Waals surface area contributed by atoms with Gasteiger partial charge in [0.15, 0.2) is 18.2 Å². The average molecular weight is 679 g/mol. The van der Waals surface area contributed by atoms with Crippen LogP contribution >= 0.6 is 11.8 Å². The number of rotatable bonds is 12. The highest BCUT2D eigenvalue weighted by molar-refractivity contribution is 7.99. The number of ether oxygens (including phenoxy) is 3. The van der Waals surface area contributed by atoms with Crippen LogP contribution in [-0.2, 0) is 37.0 Å². The number of benzene rings is 4. The van der Waals surface area contributed by atoms with Crippen molar-refractivity contribution in [1.82, 2.24) is 10.3 Å². The standard InChI is InChI=1S/C39H38N2O7S/c1-25(45-26(2)43)37(44)40-22-27-13-19-32(20-14-27)38-46-33(21-34(47-38)29-17-15-28(23-42)16-18-29)24-49-39-41-35(30-9-5-3-6-10-30)36(48-39)31-11-7-4-8-12-31/h3-20,25,33-34,38,42H,21-24H2,1-2H3,(H,40,44)/t25-,33-,34+,38?/m0/s1. The zero-order chi connectivity index (χ0) is 34.2. The molecule has 1 unspecified atom stereocenters. The molecule has 1 aliphatic heterocycles. The van der Waals surface area contributed by atoms with E-state index in [1.54, 1.807) is 0 Å². The summed E-state index contributed by atoms with van der Waals surface area (Å²) in [5, 5.41) is 12.9. The van der Waals surface area contributed by atoms with Gasteiger partial charge in [-0.25, -0.2) is 4.98 Å². The van der Waals surface area contributed by atoms with E-state index >= 15 is 0 Å².